The van der Waals surface area contributed by atoms with Gasteiger partial charge in [-0.3, -0.25) is 0 Å². The number of ether oxygens (including phenoxy) is 9. The van der Waals surface area contributed by atoms with E-state index in [2.05, 4.69) is 0 Å². The molecule has 0 aromatic heterocycles. The summed E-state index contributed by atoms with van der Waals surface area (Å²) in [4.78, 5) is 42.2. The molecule has 0 unspecified atom stereocenters. The van der Waals surface area contributed by atoms with Crippen molar-refractivity contribution in [2.24, 2.45) is 0 Å². The van der Waals surface area contributed by atoms with Gasteiger partial charge in [0.1, 0.15) is 0 Å². The predicted molar refractivity (Wildman–Crippen MR) is 180 cm³/mol. The van der Waals surface area contributed by atoms with Gasteiger partial charge in [0.15, 0.2) is 0 Å². The van der Waals surface area contributed by atoms with Crippen LogP contribution in [0.5, 0.6) is 51.7 Å². The van der Waals surface area contributed by atoms with Crippen LogP contribution in [-0.2, 0) is 9.22 Å². The van der Waals surface area contributed by atoms with Crippen molar-refractivity contribution in [1.82, 2.24) is 0 Å². The number of hydrogen-bond donors (Lipinski definition) is 0. The van der Waals surface area contributed by atoms with Gasteiger partial charge < -0.3 is 0 Å². The van der Waals surface area contributed by atoms with Gasteiger partial charge >= 0.3 is 297 Å². The van der Waals surface area contributed by atoms with Gasteiger partial charge in [0, 0.05) is 0 Å². The third kappa shape index (κ3) is 8.26. The molecule has 16 heteroatoms. The first-order valence-corrected chi connectivity index (χ1v) is 20.7. The Hall–Kier alpha value is -4.93. The van der Waals surface area contributed by atoms with Crippen LogP contribution in [-0.4, -0.2) is 102 Å². The molecule has 0 spiro atoms. The average Bonchev–Trinajstić information content (AvgIpc) is 3.14. The van der Waals surface area contributed by atoms with Crippen LogP contribution in [0.3, 0.4) is 0 Å². The van der Waals surface area contributed by atoms with Crippen molar-refractivity contribution in [3.8, 4) is 51.7 Å². The molecular weight excluding hydrogens is 767 g/mol. The number of unbranched alkanes of at least 4 members (excludes halogenated alkanes) is 1. The van der Waals surface area contributed by atoms with E-state index in [0.717, 1.165) is 0 Å². The van der Waals surface area contributed by atoms with Gasteiger partial charge in [0.2, 0.25) is 0 Å². The third-order valence-corrected chi connectivity index (χ3v) is 14.4. The molecule has 0 fully saturated rings. The van der Waals surface area contributed by atoms with Gasteiger partial charge in [-0.1, -0.05) is 0 Å². The van der Waals surface area contributed by atoms with Gasteiger partial charge in [-0.05, 0) is 0 Å². The molecule has 50 heavy (non-hydrogen) atoms. The predicted octanol–water partition coefficient (Wildman–Crippen LogP) is 5.37. The van der Waals surface area contributed by atoms with Crippen LogP contribution < -0.4 is 42.6 Å². The second-order valence-corrected chi connectivity index (χ2v) is 17.2. The number of rotatable bonds is 18. The van der Waals surface area contributed by atoms with Gasteiger partial charge in [-0.2, -0.15) is 0 Å². The molecule has 0 saturated heterocycles. The Bertz CT molecular complexity index is 1490. The quantitative estimate of drug-likeness (QED) is 0.151. The van der Waals surface area contributed by atoms with E-state index < -0.39 is 37.5 Å². The zero-order chi connectivity index (χ0) is 37.0. The Kier molecular flexibility index (Phi) is 14.4. The Balaban J connectivity index is 2.25. The van der Waals surface area contributed by atoms with E-state index in [4.69, 9.17) is 51.9 Å². The minimum absolute atomic E-state index is 0.0201. The molecule has 0 heterocycles. The summed E-state index contributed by atoms with van der Waals surface area (Å²) >= 11 is -5.80. The molecule has 3 aromatic rings. The summed E-state index contributed by atoms with van der Waals surface area (Å²) in [5.74, 6) is -1.91. The Labute approximate surface area is 295 Å². The first-order valence-electron chi connectivity index (χ1n) is 15.1. The number of hydrogen-bond acceptors (Lipinski definition) is 15. The van der Waals surface area contributed by atoms with E-state index in [0.29, 0.717) is 12.8 Å². The second kappa shape index (κ2) is 18.2. The summed E-state index contributed by atoms with van der Waals surface area (Å²) in [5.41, 5.74) is -0.327. The fourth-order valence-corrected chi connectivity index (χ4v) is 11.8. The van der Waals surface area contributed by atoms with Crippen LogP contribution in [0.1, 0.15) is 50.8 Å². The van der Waals surface area contributed by atoms with Crippen molar-refractivity contribution in [3.63, 3.8) is 0 Å². The molecule has 0 N–H and O–H groups in total. The zero-order valence-electron chi connectivity index (χ0n) is 29.7. The van der Waals surface area contributed by atoms with Crippen LogP contribution in [0.15, 0.2) is 36.4 Å². The standard InChI is InChI=1S/3C10H12O5.C4H9.Sn/c3*1-13-7-5-4-6(10(11)12)8(14-2)9(7)15-3;1-3-4-2;/h3*4-5H,1-3H3,(H,11,12);1,3-4H2,2H3;/q;;;;+3/p-3. The van der Waals surface area contributed by atoms with Crippen molar-refractivity contribution in [2.75, 3.05) is 64.0 Å². The van der Waals surface area contributed by atoms with E-state index in [1.165, 1.54) is 100 Å². The number of methoxy groups -OCH3 is 9. The number of carbonyl (C=O) groups excluding carboxylic acids is 3. The zero-order valence-corrected chi connectivity index (χ0v) is 32.6. The number of carbonyl (C=O) groups is 3. The van der Waals surface area contributed by atoms with E-state index in [-0.39, 0.29) is 72.9 Å². The average molecular weight is 809 g/mol. The first kappa shape index (κ1) is 39.5. The normalized spacial score (nSPS) is 10.7. The molecule has 3 rings (SSSR count). The maximum atomic E-state index is 14.1. The molecule has 0 saturated carbocycles. The summed E-state index contributed by atoms with van der Waals surface area (Å²) < 4.78 is 67.0. The molecule has 0 atom stereocenters. The molecule has 272 valence electrons. The Morgan fingerprint density at radius 2 is 0.720 bits per heavy atom. The summed E-state index contributed by atoms with van der Waals surface area (Å²) in [6.45, 7) is 1.87. The van der Waals surface area contributed by atoms with Crippen molar-refractivity contribution in [3.05, 3.63) is 53.1 Å². The molecular formula is C34H42O15Sn. The van der Waals surface area contributed by atoms with E-state index in [9.17, 15) is 14.4 Å². The third-order valence-electron chi connectivity index (χ3n) is 7.35. The van der Waals surface area contributed by atoms with Crippen molar-refractivity contribution in [1.29, 1.82) is 0 Å². The molecule has 0 amide bonds. The molecule has 0 aliphatic carbocycles. The molecule has 0 bridgehead atoms. The van der Waals surface area contributed by atoms with Crippen LogP contribution in [0.25, 0.3) is 0 Å². The topological polar surface area (TPSA) is 162 Å². The van der Waals surface area contributed by atoms with Gasteiger partial charge in [-0.15, -0.1) is 0 Å². The summed E-state index contributed by atoms with van der Waals surface area (Å²) in [7, 11) is 12.4. The van der Waals surface area contributed by atoms with Gasteiger partial charge in [0.25, 0.3) is 0 Å². The second-order valence-electron chi connectivity index (χ2n) is 10.1. The molecule has 3 aromatic carbocycles. The van der Waals surface area contributed by atoms with Crippen molar-refractivity contribution in [2.45, 2.75) is 24.2 Å². The maximum absolute atomic E-state index is 14.1. The van der Waals surface area contributed by atoms with E-state index >= 15 is 0 Å². The van der Waals surface area contributed by atoms with Crippen LogP contribution in [0, 0.1) is 0 Å². The van der Waals surface area contributed by atoms with Crippen LogP contribution >= 0.6 is 0 Å². The Morgan fingerprint density at radius 1 is 0.440 bits per heavy atom. The summed E-state index contributed by atoms with van der Waals surface area (Å²) in [6.07, 6.45) is 0.906. The Morgan fingerprint density at radius 3 is 0.940 bits per heavy atom. The van der Waals surface area contributed by atoms with E-state index in [1.807, 2.05) is 6.92 Å². The van der Waals surface area contributed by atoms with Crippen LogP contribution in [0.2, 0.25) is 4.44 Å². The summed E-state index contributed by atoms with van der Waals surface area (Å²) in [5, 5.41) is 0. The monoisotopic (exact) mass is 810 g/mol. The summed E-state index contributed by atoms with van der Waals surface area (Å²) in [6, 6.07) is 8.58. The fourth-order valence-electron chi connectivity index (χ4n) is 4.98. The van der Waals surface area contributed by atoms with Crippen molar-refractivity contribution >= 4 is 37.5 Å². The van der Waals surface area contributed by atoms with Gasteiger partial charge in [-0.25, -0.2) is 0 Å². The SMILES string of the molecule is CCC[CH2][Sn]([O]C(=O)c1ccc(OC)c(OC)c1OC)([O]C(=O)c1ccc(OC)c(OC)c1OC)[O]C(=O)c1ccc(OC)c(OC)c1OC. The fraction of sp³-hybridized carbons (Fsp3) is 0.382. The van der Waals surface area contributed by atoms with Gasteiger partial charge in [0.05, 0.1) is 0 Å². The number of benzene rings is 3. The first-order chi connectivity index (χ1) is 24.1. The van der Waals surface area contributed by atoms with E-state index in [1.54, 1.807) is 0 Å². The molecule has 0 aliphatic rings. The molecule has 15 nitrogen and oxygen atoms in total. The molecule has 0 aliphatic heterocycles. The van der Waals surface area contributed by atoms with Crippen LogP contribution in [0.4, 0.5) is 0 Å². The molecule has 0 radical (unpaired) electrons. The minimum atomic E-state index is -5.80. The van der Waals surface area contributed by atoms with Crippen molar-refractivity contribution < 1.29 is 66.2 Å².